The Morgan fingerprint density at radius 3 is 2.29 bits per heavy atom. The highest BCUT2D eigenvalue weighted by Crippen LogP contribution is 2.09. The number of sulfonamides is 1. The molecule has 6 heteroatoms. The van der Waals surface area contributed by atoms with Gasteiger partial charge in [0.15, 0.2) is 0 Å². The van der Waals surface area contributed by atoms with E-state index in [0.29, 0.717) is 0 Å². The molecule has 1 rings (SSSR count). The van der Waals surface area contributed by atoms with Gasteiger partial charge in [-0.15, -0.1) is 0 Å². The molecule has 0 heterocycles. The van der Waals surface area contributed by atoms with Crippen LogP contribution in [0.15, 0.2) is 29.2 Å². The standard InChI is InChI=1S/C8H10FNO3S/c1-6(11)10-14(12,13)8-4-2-7(9)3-5-8/h2-6,10-11H,1H3. The number of hydrogen-bond acceptors (Lipinski definition) is 3. The number of halogens is 1. The molecular formula is C8H10FNO3S. The lowest BCUT2D eigenvalue weighted by molar-refractivity contribution is 0.184. The maximum Gasteiger partial charge on any atom is 0.242 e. The third-order valence-electron chi connectivity index (χ3n) is 1.45. The summed E-state index contributed by atoms with van der Waals surface area (Å²) < 4.78 is 37.2. The molecule has 0 spiro atoms. The highest BCUT2D eigenvalue weighted by atomic mass is 32.2. The monoisotopic (exact) mass is 219 g/mol. The summed E-state index contributed by atoms with van der Waals surface area (Å²) in [5, 5.41) is 8.84. The van der Waals surface area contributed by atoms with Crippen molar-refractivity contribution < 1.29 is 17.9 Å². The predicted octanol–water partition coefficient (Wildman–Crippen LogP) is 0.442. The van der Waals surface area contributed by atoms with Crippen LogP contribution in [0.25, 0.3) is 0 Å². The molecule has 1 atom stereocenters. The van der Waals surface area contributed by atoms with Gasteiger partial charge in [-0.25, -0.2) is 12.8 Å². The van der Waals surface area contributed by atoms with E-state index in [1.807, 2.05) is 4.72 Å². The van der Waals surface area contributed by atoms with Crippen LogP contribution in [0.2, 0.25) is 0 Å². The summed E-state index contributed by atoms with van der Waals surface area (Å²) in [7, 11) is -3.74. The first-order chi connectivity index (χ1) is 6.42. The van der Waals surface area contributed by atoms with Crippen LogP contribution in [0.3, 0.4) is 0 Å². The number of benzene rings is 1. The van der Waals surface area contributed by atoms with Gasteiger partial charge in [-0.3, -0.25) is 0 Å². The lowest BCUT2D eigenvalue weighted by Gasteiger charge is -2.08. The largest absolute Gasteiger partial charge is 0.378 e. The van der Waals surface area contributed by atoms with Crippen LogP contribution < -0.4 is 4.72 Å². The molecule has 4 nitrogen and oxygen atoms in total. The molecule has 78 valence electrons. The van der Waals surface area contributed by atoms with Gasteiger partial charge in [-0.1, -0.05) is 0 Å². The molecule has 0 aromatic heterocycles. The van der Waals surface area contributed by atoms with Gasteiger partial charge >= 0.3 is 0 Å². The molecule has 0 radical (unpaired) electrons. The minimum Gasteiger partial charge on any atom is -0.378 e. The summed E-state index contributed by atoms with van der Waals surface area (Å²) >= 11 is 0. The fourth-order valence-electron chi connectivity index (χ4n) is 0.906. The van der Waals surface area contributed by atoms with Crippen molar-refractivity contribution >= 4 is 10.0 Å². The molecule has 14 heavy (non-hydrogen) atoms. The SMILES string of the molecule is CC(O)NS(=O)(=O)c1ccc(F)cc1. The second-order valence-corrected chi connectivity index (χ2v) is 4.47. The molecule has 1 aromatic carbocycles. The topological polar surface area (TPSA) is 66.4 Å². The Balaban J connectivity index is 2.99. The molecule has 1 aromatic rings. The molecule has 0 aliphatic carbocycles. The zero-order chi connectivity index (χ0) is 10.8. The van der Waals surface area contributed by atoms with Crippen molar-refractivity contribution in [3.63, 3.8) is 0 Å². The second kappa shape index (κ2) is 4.04. The number of aliphatic hydroxyl groups excluding tert-OH is 1. The molecule has 0 fully saturated rings. The van der Waals surface area contributed by atoms with Crippen molar-refractivity contribution in [3.8, 4) is 0 Å². The fourth-order valence-corrected chi connectivity index (χ4v) is 1.99. The Bertz CT molecular complexity index is 399. The molecular weight excluding hydrogens is 209 g/mol. The average Bonchev–Trinajstić information content (AvgIpc) is 2.02. The van der Waals surface area contributed by atoms with Crippen LogP contribution >= 0.6 is 0 Å². The molecule has 0 saturated carbocycles. The lowest BCUT2D eigenvalue weighted by Crippen LogP contribution is -2.32. The van der Waals surface area contributed by atoms with Gasteiger partial charge in [0, 0.05) is 0 Å². The Labute approximate surface area is 81.4 Å². The van der Waals surface area contributed by atoms with E-state index in [2.05, 4.69) is 0 Å². The van der Waals surface area contributed by atoms with Crippen LogP contribution in [-0.4, -0.2) is 19.8 Å². The van der Waals surface area contributed by atoms with Crippen molar-refractivity contribution in [2.75, 3.05) is 0 Å². The minimum atomic E-state index is -3.74. The van der Waals surface area contributed by atoms with Crippen LogP contribution in [-0.2, 0) is 10.0 Å². The van der Waals surface area contributed by atoms with E-state index in [9.17, 15) is 12.8 Å². The molecule has 0 saturated heterocycles. The van der Waals surface area contributed by atoms with Crippen LogP contribution in [0, 0.1) is 5.82 Å². The second-order valence-electron chi connectivity index (χ2n) is 2.75. The number of nitrogens with one attached hydrogen (secondary N) is 1. The summed E-state index contributed by atoms with van der Waals surface area (Å²) in [4.78, 5) is -0.0835. The third kappa shape index (κ3) is 2.76. The van der Waals surface area contributed by atoms with Gasteiger partial charge in [-0.05, 0) is 31.2 Å². The van der Waals surface area contributed by atoms with Crippen LogP contribution in [0.4, 0.5) is 4.39 Å². The van der Waals surface area contributed by atoms with Crippen molar-refractivity contribution in [2.24, 2.45) is 0 Å². The van der Waals surface area contributed by atoms with Crippen molar-refractivity contribution in [1.82, 2.24) is 4.72 Å². The van der Waals surface area contributed by atoms with E-state index in [0.717, 1.165) is 24.3 Å². The third-order valence-corrected chi connectivity index (χ3v) is 2.99. The number of rotatable bonds is 3. The van der Waals surface area contributed by atoms with Gasteiger partial charge in [0.1, 0.15) is 12.0 Å². The molecule has 0 bridgehead atoms. The average molecular weight is 219 g/mol. The van der Waals surface area contributed by atoms with Gasteiger partial charge < -0.3 is 5.11 Å². The lowest BCUT2D eigenvalue weighted by atomic mass is 10.4. The molecule has 2 N–H and O–H groups in total. The quantitative estimate of drug-likeness (QED) is 0.725. The van der Waals surface area contributed by atoms with Crippen molar-refractivity contribution in [3.05, 3.63) is 30.1 Å². The smallest absolute Gasteiger partial charge is 0.242 e. The van der Waals surface area contributed by atoms with Crippen LogP contribution in [0.1, 0.15) is 6.92 Å². The van der Waals surface area contributed by atoms with E-state index < -0.39 is 22.1 Å². The number of aliphatic hydroxyl groups is 1. The first-order valence-corrected chi connectivity index (χ1v) is 5.36. The van der Waals surface area contributed by atoms with E-state index in [1.54, 1.807) is 0 Å². The van der Waals surface area contributed by atoms with Gasteiger partial charge in [-0.2, -0.15) is 4.72 Å². The zero-order valence-corrected chi connectivity index (χ0v) is 8.25. The van der Waals surface area contributed by atoms with E-state index in [-0.39, 0.29) is 4.90 Å². The first kappa shape index (κ1) is 11.1. The summed E-state index contributed by atoms with van der Waals surface area (Å²) in [5.41, 5.74) is 0. The van der Waals surface area contributed by atoms with Crippen molar-refractivity contribution in [1.29, 1.82) is 0 Å². The molecule has 0 aliphatic rings. The maximum absolute atomic E-state index is 12.5. The van der Waals surface area contributed by atoms with Crippen LogP contribution in [0.5, 0.6) is 0 Å². The van der Waals surface area contributed by atoms with Gasteiger partial charge in [0.2, 0.25) is 10.0 Å². The highest BCUT2D eigenvalue weighted by molar-refractivity contribution is 7.89. The summed E-state index contributed by atoms with van der Waals surface area (Å²) in [5.74, 6) is -0.513. The Morgan fingerprint density at radius 2 is 1.86 bits per heavy atom. The summed E-state index contributed by atoms with van der Waals surface area (Å²) in [6.45, 7) is 1.28. The molecule has 0 amide bonds. The molecule has 0 aliphatic heterocycles. The Morgan fingerprint density at radius 1 is 1.36 bits per heavy atom. The maximum atomic E-state index is 12.5. The predicted molar refractivity (Wildman–Crippen MR) is 48.4 cm³/mol. The first-order valence-electron chi connectivity index (χ1n) is 3.88. The Kier molecular flexibility index (Phi) is 3.20. The van der Waals surface area contributed by atoms with Crippen molar-refractivity contribution in [2.45, 2.75) is 18.0 Å². The normalized spacial score (nSPS) is 13.9. The van der Waals surface area contributed by atoms with E-state index in [1.165, 1.54) is 6.92 Å². The fraction of sp³-hybridized carbons (Fsp3) is 0.250. The molecule has 1 unspecified atom stereocenters. The summed E-state index contributed by atoms with van der Waals surface area (Å²) in [6.07, 6.45) is -1.18. The zero-order valence-electron chi connectivity index (χ0n) is 7.44. The van der Waals surface area contributed by atoms with Gasteiger partial charge in [0.25, 0.3) is 0 Å². The summed E-state index contributed by atoms with van der Waals surface area (Å²) in [6, 6.07) is 4.33. The van der Waals surface area contributed by atoms with E-state index in [4.69, 9.17) is 5.11 Å². The minimum absolute atomic E-state index is 0.0835. The number of hydrogen-bond donors (Lipinski definition) is 2. The van der Waals surface area contributed by atoms with Gasteiger partial charge in [0.05, 0.1) is 4.90 Å². The highest BCUT2D eigenvalue weighted by Gasteiger charge is 2.15. The van der Waals surface area contributed by atoms with E-state index >= 15 is 0 Å². The Hall–Kier alpha value is -0.980.